The highest BCUT2D eigenvalue weighted by molar-refractivity contribution is 5.98. The molecule has 6 rings (SSSR count). The number of carbonyl (C=O) groups excluding carboxylic acids is 2. The SMILES string of the molecule is COC(=O)C1=CO[C@@H](O[C@@H]2O[C@H](CO)[C@@H](O)[C@H](O)[C@H]2O)C2C1[C@@H]1O[C@@H]1[C@]21OC(=O)/C(=C/c2ccc(O)cc2)[C@H]1O. The summed E-state index contributed by atoms with van der Waals surface area (Å²) in [4.78, 5) is 25.8. The van der Waals surface area contributed by atoms with E-state index in [4.69, 9.17) is 28.4 Å². The van der Waals surface area contributed by atoms with Crippen LogP contribution < -0.4 is 0 Å². The van der Waals surface area contributed by atoms with Gasteiger partial charge in [0.1, 0.15) is 42.4 Å². The summed E-state index contributed by atoms with van der Waals surface area (Å²) in [5, 5.41) is 61.6. The van der Waals surface area contributed by atoms with Crippen molar-refractivity contribution in [2.45, 2.75) is 60.9 Å². The molecule has 14 nitrogen and oxygen atoms in total. The summed E-state index contributed by atoms with van der Waals surface area (Å²) in [6, 6.07) is 5.89. The maximum absolute atomic E-state index is 13.1. The molecule has 14 heteroatoms. The number of hydrogen-bond acceptors (Lipinski definition) is 14. The van der Waals surface area contributed by atoms with Gasteiger partial charge in [0.25, 0.3) is 0 Å². The number of aromatic hydroxyl groups is 1. The molecule has 1 saturated carbocycles. The Kier molecular flexibility index (Phi) is 6.63. The van der Waals surface area contributed by atoms with Crippen molar-refractivity contribution in [3.8, 4) is 5.75 Å². The zero-order chi connectivity index (χ0) is 28.5. The Morgan fingerprint density at radius 2 is 1.77 bits per heavy atom. The van der Waals surface area contributed by atoms with Gasteiger partial charge in [0.15, 0.2) is 11.9 Å². The zero-order valence-corrected chi connectivity index (χ0v) is 21.0. The minimum Gasteiger partial charge on any atom is -0.508 e. The molecule has 12 atom stereocenters. The van der Waals surface area contributed by atoms with Crippen LogP contribution in [-0.4, -0.2) is 117 Å². The first kappa shape index (κ1) is 27.1. The number of ether oxygens (including phenoxy) is 6. The second-order valence-corrected chi connectivity index (χ2v) is 10.3. The van der Waals surface area contributed by atoms with E-state index < -0.39 is 91.3 Å². The number of phenols is 1. The molecular weight excluding hydrogens is 536 g/mol. The lowest BCUT2D eigenvalue weighted by atomic mass is 9.75. The summed E-state index contributed by atoms with van der Waals surface area (Å²) in [6.07, 6.45) is -10.1. The first-order chi connectivity index (χ1) is 19.1. The minimum atomic E-state index is -1.79. The number of fused-ring (bicyclic) bond motifs is 5. The van der Waals surface area contributed by atoms with Crippen LogP contribution in [0.2, 0.25) is 0 Å². The Morgan fingerprint density at radius 1 is 1.05 bits per heavy atom. The number of aliphatic hydroxyl groups excluding tert-OH is 5. The topological polar surface area (TPSA) is 214 Å². The van der Waals surface area contributed by atoms with Gasteiger partial charge < -0.3 is 59.1 Å². The van der Waals surface area contributed by atoms with Crippen LogP contribution in [-0.2, 0) is 38.0 Å². The van der Waals surface area contributed by atoms with Gasteiger partial charge in [-0.2, -0.15) is 0 Å². The van der Waals surface area contributed by atoms with Crippen LogP contribution in [0.3, 0.4) is 0 Å². The second kappa shape index (κ2) is 9.78. The largest absolute Gasteiger partial charge is 0.508 e. The van der Waals surface area contributed by atoms with E-state index in [1.165, 1.54) is 37.5 Å². The molecule has 0 bridgehead atoms. The lowest BCUT2D eigenvalue weighted by Gasteiger charge is -2.45. The maximum atomic E-state index is 13.1. The first-order valence-electron chi connectivity index (χ1n) is 12.6. The molecule has 1 spiro atoms. The van der Waals surface area contributed by atoms with E-state index in [0.717, 1.165) is 6.26 Å². The fourth-order valence-electron chi connectivity index (χ4n) is 6.20. The number of phenolic OH excluding ortho intramolecular Hbond substituents is 1. The molecule has 6 N–H and O–H groups in total. The van der Waals surface area contributed by atoms with E-state index >= 15 is 0 Å². The maximum Gasteiger partial charge on any atom is 0.337 e. The average Bonchev–Trinajstić information content (AvgIpc) is 3.65. The summed E-state index contributed by atoms with van der Waals surface area (Å²) in [5.74, 6) is -3.51. The highest BCUT2D eigenvalue weighted by atomic mass is 16.8. The van der Waals surface area contributed by atoms with E-state index in [1.807, 2.05) is 0 Å². The molecule has 216 valence electrons. The van der Waals surface area contributed by atoms with Crippen LogP contribution in [0.4, 0.5) is 0 Å². The standard InChI is InChI=1S/C26H28O14/c1-35-22(33)12-8-36-24(39-25-18(31)17(30)16(29)13(7-27)37-25)15-14(12)19-21(38-19)26(15)20(32)11(23(34)40-26)6-9-2-4-10(28)5-3-9/h2-6,8,13-21,24-25,27-32H,7H2,1H3/b11-6+/t13-,14?,15?,16-,17+,18-,19+,20-,21+,24+,25+,26+/m1/s1. The quantitative estimate of drug-likeness (QED) is 0.126. The van der Waals surface area contributed by atoms with Gasteiger partial charge in [-0.1, -0.05) is 12.1 Å². The summed E-state index contributed by atoms with van der Waals surface area (Å²) in [5.41, 5.74) is -1.36. The molecule has 1 aliphatic carbocycles. The Balaban J connectivity index is 1.37. The fraction of sp³-hybridized carbons (Fsp3) is 0.538. The number of epoxide rings is 1. The Bertz CT molecular complexity index is 1240. The van der Waals surface area contributed by atoms with Gasteiger partial charge in [0.2, 0.25) is 6.29 Å². The Hall–Kier alpha value is -3.08. The Labute approximate surface area is 226 Å². The monoisotopic (exact) mass is 564 g/mol. The summed E-state index contributed by atoms with van der Waals surface area (Å²) in [7, 11) is 1.17. The van der Waals surface area contributed by atoms with Crippen LogP contribution in [0.25, 0.3) is 6.08 Å². The number of esters is 2. The molecule has 4 aliphatic heterocycles. The molecule has 5 aliphatic rings. The van der Waals surface area contributed by atoms with Gasteiger partial charge in [0.05, 0.1) is 43.1 Å². The Morgan fingerprint density at radius 3 is 2.45 bits per heavy atom. The lowest BCUT2D eigenvalue weighted by Crippen LogP contribution is -2.62. The summed E-state index contributed by atoms with van der Waals surface area (Å²) in [6.45, 7) is -0.696. The lowest BCUT2D eigenvalue weighted by molar-refractivity contribution is -0.350. The van der Waals surface area contributed by atoms with Gasteiger partial charge >= 0.3 is 11.9 Å². The third-order valence-electron chi connectivity index (χ3n) is 8.19. The van der Waals surface area contributed by atoms with E-state index in [0.29, 0.717) is 5.56 Å². The number of aliphatic hydroxyl groups is 5. The van der Waals surface area contributed by atoms with Gasteiger partial charge in [-0.15, -0.1) is 0 Å². The number of hydrogen-bond donors (Lipinski definition) is 6. The van der Waals surface area contributed by atoms with Crippen molar-refractivity contribution in [2.75, 3.05) is 13.7 Å². The van der Waals surface area contributed by atoms with Crippen molar-refractivity contribution in [3.63, 3.8) is 0 Å². The second-order valence-electron chi connectivity index (χ2n) is 10.3. The van der Waals surface area contributed by atoms with Crippen molar-refractivity contribution < 1.29 is 68.6 Å². The van der Waals surface area contributed by atoms with Crippen LogP contribution in [0.1, 0.15) is 5.56 Å². The van der Waals surface area contributed by atoms with E-state index in [9.17, 15) is 40.2 Å². The van der Waals surface area contributed by atoms with Gasteiger partial charge in [-0.3, -0.25) is 0 Å². The minimum absolute atomic E-state index is 0.00990. The van der Waals surface area contributed by atoms with Crippen LogP contribution >= 0.6 is 0 Å². The van der Waals surface area contributed by atoms with Crippen molar-refractivity contribution in [2.24, 2.45) is 11.8 Å². The van der Waals surface area contributed by atoms with Gasteiger partial charge in [0, 0.05) is 5.92 Å². The highest BCUT2D eigenvalue weighted by Crippen LogP contribution is 2.64. The van der Waals surface area contributed by atoms with Crippen LogP contribution in [0.15, 0.2) is 41.7 Å². The zero-order valence-electron chi connectivity index (χ0n) is 21.0. The van der Waals surface area contributed by atoms with E-state index in [2.05, 4.69) is 0 Å². The van der Waals surface area contributed by atoms with Crippen LogP contribution in [0.5, 0.6) is 5.75 Å². The molecule has 40 heavy (non-hydrogen) atoms. The third kappa shape index (κ3) is 3.94. The number of rotatable bonds is 5. The van der Waals surface area contributed by atoms with Gasteiger partial charge in [-0.25, -0.2) is 9.59 Å². The normalized spacial score (nSPS) is 44.5. The average molecular weight is 564 g/mol. The van der Waals surface area contributed by atoms with Crippen LogP contribution in [0, 0.1) is 11.8 Å². The fourth-order valence-corrected chi connectivity index (χ4v) is 6.20. The molecule has 4 heterocycles. The molecule has 1 aromatic carbocycles. The van der Waals surface area contributed by atoms with Crippen molar-refractivity contribution in [1.82, 2.24) is 0 Å². The smallest absolute Gasteiger partial charge is 0.337 e. The van der Waals surface area contributed by atoms with Crippen molar-refractivity contribution in [3.05, 3.63) is 47.2 Å². The number of methoxy groups -OCH3 is 1. The molecule has 0 radical (unpaired) electrons. The van der Waals surface area contributed by atoms with E-state index in [1.54, 1.807) is 0 Å². The predicted octanol–water partition coefficient (Wildman–Crippen LogP) is -2.32. The molecule has 2 unspecified atom stereocenters. The summed E-state index contributed by atoms with van der Waals surface area (Å²) >= 11 is 0. The molecule has 0 amide bonds. The first-order valence-corrected chi connectivity index (χ1v) is 12.6. The highest BCUT2D eigenvalue weighted by Gasteiger charge is 2.81. The summed E-state index contributed by atoms with van der Waals surface area (Å²) < 4.78 is 33.6. The third-order valence-corrected chi connectivity index (χ3v) is 8.19. The number of carbonyl (C=O) groups is 2. The van der Waals surface area contributed by atoms with Gasteiger partial charge in [-0.05, 0) is 23.8 Å². The van der Waals surface area contributed by atoms with E-state index in [-0.39, 0.29) is 16.9 Å². The molecule has 1 aromatic rings. The predicted molar refractivity (Wildman–Crippen MR) is 126 cm³/mol. The molecule has 3 saturated heterocycles. The molecule has 4 fully saturated rings. The number of benzene rings is 1. The van der Waals surface area contributed by atoms with Crippen molar-refractivity contribution >= 4 is 18.0 Å². The van der Waals surface area contributed by atoms with Crippen molar-refractivity contribution in [1.29, 1.82) is 0 Å². The molecular formula is C26H28O14. The molecule has 0 aromatic heterocycles.